The molecular weight excluding hydrogens is 640 g/mol. The molecule has 0 aliphatic carbocycles. The van der Waals surface area contributed by atoms with E-state index >= 15 is 0 Å². The number of urea groups is 1. The van der Waals surface area contributed by atoms with Crippen LogP contribution in [0.4, 0.5) is 21.1 Å². The number of H-pyrrole nitrogens is 1. The first kappa shape index (κ1) is 34.6. The first-order valence-corrected chi connectivity index (χ1v) is 16.0. The molecule has 2 aromatic heterocycles. The molecule has 3 N–H and O–H groups in total. The lowest BCUT2D eigenvalue weighted by Gasteiger charge is -2.33. The Morgan fingerprint density at radius 1 is 1.12 bits per heavy atom. The minimum atomic E-state index is -0.954. The molecule has 1 atom stereocenters. The minimum absolute atomic E-state index is 0.00417. The molecule has 0 saturated carbocycles. The van der Waals surface area contributed by atoms with Gasteiger partial charge in [0.25, 0.3) is 5.56 Å². The largest absolute Gasteiger partial charge is 0.492 e. The zero-order valence-electron chi connectivity index (χ0n) is 27.3. The molecule has 48 heavy (non-hydrogen) atoms. The Morgan fingerprint density at radius 2 is 1.88 bits per heavy atom. The second-order valence-electron chi connectivity index (χ2n) is 11.7. The Morgan fingerprint density at radius 3 is 2.54 bits per heavy atom. The molecule has 1 aliphatic rings. The summed E-state index contributed by atoms with van der Waals surface area (Å²) in [5, 5.41) is 13.3. The number of aryl methyl sites for hydroxylation is 2. The van der Waals surface area contributed by atoms with Crippen LogP contribution >= 0.6 is 11.6 Å². The van der Waals surface area contributed by atoms with E-state index in [1.165, 1.54) is 42.6 Å². The molecule has 0 bridgehead atoms. The van der Waals surface area contributed by atoms with Gasteiger partial charge in [-0.2, -0.15) is 0 Å². The van der Waals surface area contributed by atoms with Gasteiger partial charge in [-0.05, 0) is 50.8 Å². The molecule has 1 aliphatic heterocycles. The van der Waals surface area contributed by atoms with Crippen LogP contribution in [0.5, 0.6) is 5.75 Å². The normalized spacial score (nSPS) is 14.7. The van der Waals surface area contributed by atoms with Gasteiger partial charge in [0, 0.05) is 51.0 Å². The van der Waals surface area contributed by atoms with Crippen molar-refractivity contribution >= 4 is 46.1 Å². The van der Waals surface area contributed by atoms with E-state index in [4.69, 9.17) is 25.8 Å². The zero-order valence-corrected chi connectivity index (χ0v) is 28.0. The van der Waals surface area contributed by atoms with Crippen LogP contribution in [0.3, 0.4) is 0 Å². The number of rotatable bonds is 11. The summed E-state index contributed by atoms with van der Waals surface area (Å²) in [7, 11) is 2.92. The number of hydrogen-bond donors (Lipinski definition) is 3. The van der Waals surface area contributed by atoms with Crippen molar-refractivity contribution in [2.45, 2.75) is 51.9 Å². The fourth-order valence-corrected chi connectivity index (χ4v) is 6.26. The number of nitrogens with zero attached hydrogens (tertiary/aromatic N) is 4. The fraction of sp³-hybridized carbons (Fsp3) is 0.382. The number of hydrogen-bond acceptors (Lipinski definition) is 8. The molecule has 0 radical (unpaired) electrons. The van der Waals surface area contributed by atoms with Gasteiger partial charge in [0.15, 0.2) is 12.1 Å². The van der Waals surface area contributed by atoms with E-state index in [9.17, 15) is 19.5 Å². The number of fused-ring (bicyclic) bond motifs is 1. The highest BCUT2D eigenvalue weighted by Gasteiger charge is 2.27. The second kappa shape index (κ2) is 15.5. The highest BCUT2D eigenvalue weighted by atomic mass is 35.5. The number of anilines is 2. The first-order valence-electron chi connectivity index (χ1n) is 15.6. The first-order chi connectivity index (χ1) is 23.1. The maximum absolute atomic E-state index is 13.7. The van der Waals surface area contributed by atoms with E-state index in [1.54, 1.807) is 12.1 Å². The van der Waals surface area contributed by atoms with Gasteiger partial charge in [0.1, 0.15) is 5.75 Å². The van der Waals surface area contributed by atoms with Gasteiger partial charge in [-0.1, -0.05) is 40.9 Å². The number of carbonyl (C=O) groups excluding carboxylic acids is 1. The zero-order chi connectivity index (χ0) is 34.4. The Bertz CT molecular complexity index is 1810. The highest BCUT2D eigenvalue weighted by molar-refractivity contribution is 6.34. The van der Waals surface area contributed by atoms with Crippen molar-refractivity contribution < 1.29 is 28.9 Å². The van der Waals surface area contributed by atoms with Crippen molar-refractivity contribution in [3.05, 3.63) is 75.4 Å². The third kappa shape index (κ3) is 7.87. The number of likely N-dealkylation sites (tertiary alicyclic amines) is 1. The van der Waals surface area contributed by atoms with Crippen LogP contribution < -0.4 is 20.5 Å². The number of pyridine rings is 1. The van der Waals surface area contributed by atoms with Crippen molar-refractivity contribution in [1.82, 2.24) is 19.9 Å². The fourth-order valence-electron chi connectivity index (χ4n) is 6.05. The Hall–Kier alpha value is -4.72. The van der Waals surface area contributed by atoms with Gasteiger partial charge in [-0.3, -0.25) is 14.7 Å². The molecule has 5 rings (SSSR count). The number of carboxylic acid groups (broad SMARTS) is 1. The van der Waals surface area contributed by atoms with Gasteiger partial charge in [-0.15, -0.1) is 0 Å². The quantitative estimate of drug-likeness (QED) is 0.157. The number of carbonyl (C=O) groups is 2. The molecule has 13 nitrogen and oxygen atoms in total. The Balaban J connectivity index is 1.56. The molecule has 2 aromatic carbocycles. The van der Waals surface area contributed by atoms with Crippen molar-refractivity contribution in [3.63, 3.8) is 0 Å². The predicted molar refractivity (Wildman–Crippen MR) is 183 cm³/mol. The van der Waals surface area contributed by atoms with Crippen LogP contribution in [0, 0.1) is 13.8 Å². The predicted octanol–water partition coefficient (Wildman–Crippen LogP) is 6.21. The van der Waals surface area contributed by atoms with Crippen LogP contribution in [-0.2, 0) is 9.47 Å². The molecule has 0 spiro atoms. The number of nitrogens with one attached hydrogen (secondary N) is 2. The summed E-state index contributed by atoms with van der Waals surface area (Å²) in [5.74, 6) is 0.558. The summed E-state index contributed by atoms with van der Waals surface area (Å²) in [5.41, 5.74) is 3.19. The number of benzene rings is 2. The number of ether oxygens (including phenoxy) is 3. The van der Waals surface area contributed by atoms with Crippen LogP contribution in [0.1, 0.15) is 36.8 Å². The topological polar surface area (TPSA) is 159 Å². The van der Waals surface area contributed by atoms with Gasteiger partial charge in [0.05, 0.1) is 41.1 Å². The van der Waals surface area contributed by atoms with Crippen molar-refractivity contribution in [1.29, 1.82) is 0 Å². The summed E-state index contributed by atoms with van der Waals surface area (Å²) in [4.78, 5) is 53.4. The van der Waals surface area contributed by atoms with Crippen molar-refractivity contribution in [3.8, 4) is 16.9 Å². The third-order valence-electron chi connectivity index (χ3n) is 8.31. The summed E-state index contributed by atoms with van der Waals surface area (Å²) in [6, 6.07) is 8.25. The lowest BCUT2D eigenvalue weighted by molar-refractivity contribution is -0.0939. The van der Waals surface area contributed by atoms with E-state index in [1.807, 2.05) is 32.0 Å². The molecule has 14 heteroatoms. The summed E-state index contributed by atoms with van der Waals surface area (Å²) in [6.07, 6.45) is 5.61. The molecule has 3 amide bonds. The SMILES string of the molecule is COC(CN(C(=O)Nc1cc2c(OCCC3CCCCN3C(=O)O)c(-c3cc(C)cc(C)c3)c(=O)[nH]c2cc1Cl)c1cnccn1)OC. The molecule has 1 unspecified atom stereocenters. The number of halogens is 1. The summed E-state index contributed by atoms with van der Waals surface area (Å²) in [6.45, 7) is 4.53. The van der Waals surface area contributed by atoms with E-state index in [0.29, 0.717) is 40.7 Å². The number of aromatic nitrogens is 3. The molecule has 1 saturated heterocycles. The highest BCUT2D eigenvalue weighted by Crippen LogP contribution is 2.38. The standard InChI is InChI=1S/C34H39ClN6O7/c1-20-13-21(2)15-22(14-20)30-31(48-12-8-23-7-5-6-11-40(23)34(44)45)24-16-27(25(35)17-26(24)38-32(30)42)39-33(43)41(19-29(46-3)47-4)28-18-36-9-10-37-28/h9-10,13-18,23,29H,5-8,11-12,19H2,1-4H3,(H,38,42)(H,39,43)(H,44,45). The number of aromatic amines is 1. The molecule has 3 heterocycles. The van der Waals surface area contributed by atoms with Crippen molar-refractivity contribution in [2.75, 3.05) is 44.1 Å². The van der Waals surface area contributed by atoms with Gasteiger partial charge >= 0.3 is 12.1 Å². The van der Waals surface area contributed by atoms with E-state index < -0.39 is 18.4 Å². The molecule has 1 fully saturated rings. The third-order valence-corrected chi connectivity index (χ3v) is 8.62. The van der Waals surface area contributed by atoms with E-state index in [0.717, 1.165) is 30.4 Å². The van der Waals surface area contributed by atoms with E-state index in [-0.39, 0.29) is 41.3 Å². The second-order valence-corrected chi connectivity index (χ2v) is 12.1. The lowest BCUT2D eigenvalue weighted by atomic mass is 9.98. The molecule has 254 valence electrons. The summed E-state index contributed by atoms with van der Waals surface area (Å²) < 4.78 is 17.1. The number of methoxy groups -OCH3 is 2. The average Bonchev–Trinajstić information content (AvgIpc) is 3.06. The maximum atomic E-state index is 13.7. The van der Waals surface area contributed by atoms with Crippen LogP contribution in [-0.4, -0.2) is 83.3 Å². The Kier molecular flexibility index (Phi) is 11.1. The number of amides is 3. The number of piperidine rings is 1. The van der Waals surface area contributed by atoms with Crippen LogP contribution in [0.2, 0.25) is 5.02 Å². The average molecular weight is 679 g/mol. The molecular formula is C34H39ClN6O7. The smallest absolute Gasteiger partial charge is 0.407 e. The van der Waals surface area contributed by atoms with Crippen LogP contribution in [0.25, 0.3) is 22.0 Å². The van der Waals surface area contributed by atoms with Crippen molar-refractivity contribution in [2.24, 2.45) is 0 Å². The summed E-state index contributed by atoms with van der Waals surface area (Å²) >= 11 is 6.68. The maximum Gasteiger partial charge on any atom is 0.407 e. The van der Waals surface area contributed by atoms with E-state index in [2.05, 4.69) is 20.3 Å². The minimum Gasteiger partial charge on any atom is -0.492 e. The van der Waals surface area contributed by atoms with Crippen LogP contribution in [0.15, 0.2) is 53.7 Å². The molecule has 4 aromatic rings. The lowest BCUT2D eigenvalue weighted by Crippen LogP contribution is -2.43. The van der Waals surface area contributed by atoms with Gasteiger partial charge in [0.2, 0.25) is 0 Å². The monoisotopic (exact) mass is 678 g/mol. The Labute approximate surface area is 282 Å². The van der Waals surface area contributed by atoms with Gasteiger partial charge < -0.3 is 34.5 Å². The van der Waals surface area contributed by atoms with Gasteiger partial charge in [-0.25, -0.2) is 14.6 Å².